The Bertz CT molecular complexity index is 485. The number of nitrogens with zero attached hydrogens (tertiary/aromatic N) is 1. The Hall–Kier alpha value is -0.470. The molecule has 192 valence electrons. The lowest BCUT2D eigenvalue weighted by molar-refractivity contribution is -0.870. The third kappa shape index (κ3) is 17.1. The van der Waals surface area contributed by atoms with E-state index in [2.05, 4.69) is 28.1 Å². The lowest BCUT2D eigenvalue weighted by Crippen LogP contribution is -2.50. The molecule has 0 aromatic heterocycles. The molecule has 0 aliphatic carbocycles. The summed E-state index contributed by atoms with van der Waals surface area (Å²) < 4.78 is 11.9. The van der Waals surface area contributed by atoms with Gasteiger partial charge in [0.15, 0.2) is 6.10 Å². The number of quaternary nitrogens is 1. The molecule has 0 fully saturated rings. The van der Waals surface area contributed by atoms with Crippen LogP contribution in [0.4, 0.5) is 0 Å². The van der Waals surface area contributed by atoms with Gasteiger partial charge in [0.25, 0.3) is 0 Å². The molecule has 0 aromatic rings. The molecule has 3 unspecified atom stereocenters. The smallest absolute Gasteiger partial charge is 0.355 e. The number of ketones is 1. The molecule has 3 atom stereocenters. The normalized spacial score (nSPS) is 14.8. The molecule has 0 heterocycles. The van der Waals surface area contributed by atoms with Crippen molar-refractivity contribution in [2.75, 3.05) is 40.9 Å². The van der Waals surface area contributed by atoms with E-state index in [4.69, 9.17) is 10.2 Å². The highest BCUT2D eigenvalue weighted by Crippen LogP contribution is 2.35. The number of rotatable bonds is 19. The molecule has 4 N–H and O–H groups in total. The predicted octanol–water partition coefficient (Wildman–Crippen LogP) is 2.48. The maximum absolute atomic E-state index is 11.9. The Labute approximate surface area is 196 Å². The van der Waals surface area contributed by atoms with Gasteiger partial charge in [-0.15, -0.1) is 0 Å². The minimum atomic E-state index is -3.58. The van der Waals surface area contributed by atoms with Crippen LogP contribution in [0.5, 0.6) is 0 Å². The Kier molecular flexibility index (Phi) is 21.0. The summed E-state index contributed by atoms with van der Waals surface area (Å²) in [6.07, 6.45) is 11.4. The van der Waals surface area contributed by atoms with Crippen molar-refractivity contribution in [1.82, 2.24) is 0 Å². The summed E-state index contributed by atoms with van der Waals surface area (Å²) in [5.74, 6) is -0.947. The third-order valence-electron chi connectivity index (χ3n) is 5.35. The number of aliphatic hydroxyl groups is 4. The van der Waals surface area contributed by atoms with Gasteiger partial charge in [-0.2, -0.15) is 0 Å². The van der Waals surface area contributed by atoms with Crippen LogP contribution in [0.1, 0.15) is 90.4 Å². The van der Waals surface area contributed by atoms with Gasteiger partial charge in [0.2, 0.25) is 5.78 Å². The summed E-state index contributed by atoms with van der Waals surface area (Å²) in [5.41, 5.74) is 0. The summed E-state index contributed by atoms with van der Waals surface area (Å²) in [6, 6.07) is 0. The Morgan fingerprint density at radius 1 is 0.906 bits per heavy atom. The highest BCUT2D eigenvalue weighted by molar-refractivity contribution is 7.39. The number of carbonyl (C=O) groups excluding carboxylic acids is 1. The van der Waals surface area contributed by atoms with Crippen molar-refractivity contribution in [3.63, 3.8) is 0 Å². The number of likely N-dealkylation sites (N-methyl/N-ethyl adjacent to an activating group) is 1. The van der Waals surface area contributed by atoms with E-state index in [1.54, 1.807) is 0 Å². The van der Waals surface area contributed by atoms with Gasteiger partial charge in [-0.3, -0.25) is 4.79 Å². The molecule has 0 aliphatic rings. The molecule has 0 radical (unpaired) electrons. The fourth-order valence-electron chi connectivity index (χ4n) is 3.15. The van der Waals surface area contributed by atoms with Crippen molar-refractivity contribution in [1.29, 1.82) is 0 Å². The van der Waals surface area contributed by atoms with Gasteiger partial charge in [0.05, 0.1) is 34.4 Å². The minimum absolute atomic E-state index is 0.117. The molecule has 8 nitrogen and oxygen atoms in total. The zero-order valence-electron chi connectivity index (χ0n) is 20.8. The molecule has 0 aromatic carbocycles. The van der Waals surface area contributed by atoms with E-state index >= 15 is 0 Å². The topological polar surface area (TPSA) is 138 Å². The van der Waals surface area contributed by atoms with E-state index in [0.717, 1.165) is 30.3 Å². The van der Waals surface area contributed by atoms with Crippen LogP contribution in [-0.2, 0) is 9.36 Å². The van der Waals surface area contributed by atoms with Crippen LogP contribution in [0.2, 0.25) is 0 Å². The summed E-state index contributed by atoms with van der Waals surface area (Å²) in [4.78, 5) is 23.0. The molecule has 0 spiro atoms. The molecule has 0 saturated carbocycles. The number of carbonyl (C=O) groups is 1. The summed E-state index contributed by atoms with van der Waals surface area (Å²) in [7, 11) is 2.58. The average molecular weight is 483 g/mol. The molecule has 0 amide bonds. The predicted molar refractivity (Wildman–Crippen MR) is 126 cm³/mol. The van der Waals surface area contributed by atoms with Gasteiger partial charge >= 0.3 is 13.4 Å². The van der Waals surface area contributed by atoms with Gasteiger partial charge in [-0.1, -0.05) is 82.1 Å². The molecule has 9 heteroatoms. The summed E-state index contributed by atoms with van der Waals surface area (Å²) >= 11 is 0. The highest BCUT2D eigenvalue weighted by Gasteiger charge is 2.54. The second-order valence-electron chi connectivity index (χ2n) is 9.48. The first-order valence-corrected chi connectivity index (χ1v) is 13.3. The second kappa shape index (κ2) is 20.0. The van der Waals surface area contributed by atoms with E-state index in [9.17, 15) is 24.5 Å². The first-order chi connectivity index (χ1) is 15.0. The van der Waals surface area contributed by atoms with Gasteiger partial charge in [0, 0.05) is 6.42 Å². The minimum Gasteiger partial charge on any atom is -0.593 e. The van der Waals surface area contributed by atoms with Crippen molar-refractivity contribution in [3.8, 4) is 0 Å². The number of aliphatic hydroxyl groups excluding tert-OH is 3. The zero-order valence-corrected chi connectivity index (χ0v) is 21.7. The van der Waals surface area contributed by atoms with E-state index in [0.29, 0.717) is 6.42 Å². The summed E-state index contributed by atoms with van der Waals surface area (Å²) in [6.45, 7) is 2.34. The van der Waals surface area contributed by atoms with Crippen LogP contribution in [-0.4, -0.2) is 83.0 Å². The van der Waals surface area contributed by atoms with Crippen molar-refractivity contribution in [3.05, 3.63) is 0 Å². The van der Waals surface area contributed by atoms with Crippen LogP contribution in [0.3, 0.4) is 0 Å². The first-order valence-electron chi connectivity index (χ1n) is 12.1. The van der Waals surface area contributed by atoms with Crippen molar-refractivity contribution in [2.45, 2.75) is 102 Å². The van der Waals surface area contributed by atoms with Crippen LogP contribution in [0, 0.1) is 0 Å². The fourth-order valence-corrected chi connectivity index (χ4v) is 3.79. The largest absolute Gasteiger partial charge is 0.593 e. The molecule has 0 bridgehead atoms. The van der Waals surface area contributed by atoms with Crippen molar-refractivity contribution < 1.29 is 39.2 Å². The molecule has 0 aliphatic heterocycles. The van der Waals surface area contributed by atoms with E-state index in [1.807, 2.05) is 0 Å². The van der Waals surface area contributed by atoms with E-state index in [-0.39, 0.29) is 13.0 Å². The van der Waals surface area contributed by atoms with Gasteiger partial charge in [-0.25, -0.2) is 0 Å². The Balaban J connectivity index is 0. The molecule has 0 rings (SSSR count). The maximum atomic E-state index is 11.9. The number of unbranched alkanes of at least 4 members (excludes halogenated alkanes) is 11. The SMILES string of the molecule is CCCCCCCCCCCCCCC(=O)C(O)(C(O)CO)[P+](=O)[O-].C[N+](C)(C)CCO. The number of Topliss-reactive ketones (excluding diaryl/α,β-unsaturated/α-hetero) is 1. The molecular weight excluding hydrogens is 433 g/mol. The summed E-state index contributed by atoms with van der Waals surface area (Å²) in [5, 5.41) is 33.6. The average Bonchev–Trinajstić information content (AvgIpc) is 2.72. The van der Waals surface area contributed by atoms with Gasteiger partial charge in [-0.05, 0) is 6.42 Å². The van der Waals surface area contributed by atoms with Crippen LogP contribution in [0.25, 0.3) is 0 Å². The van der Waals surface area contributed by atoms with Crippen LogP contribution < -0.4 is 4.89 Å². The van der Waals surface area contributed by atoms with Crippen molar-refractivity contribution in [2.24, 2.45) is 0 Å². The Morgan fingerprint density at radius 2 is 1.31 bits per heavy atom. The molecule has 32 heavy (non-hydrogen) atoms. The number of hydrogen-bond acceptors (Lipinski definition) is 7. The Morgan fingerprint density at radius 3 is 1.59 bits per heavy atom. The third-order valence-corrected chi connectivity index (χ3v) is 6.46. The lowest BCUT2D eigenvalue weighted by Gasteiger charge is -2.21. The van der Waals surface area contributed by atoms with Crippen LogP contribution >= 0.6 is 8.03 Å². The van der Waals surface area contributed by atoms with Gasteiger partial charge in [0.1, 0.15) is 6.54 Å². The maximum Gasteiger partial charge on any atom is 0.355 e. The quantitative estimate of drug-likeness (QED) is 0.126. The molecule has 0 saturated heterocycles. The first kappa shape index (κ1) is 33.7. The zero-order chi connectivity index (χ0) is 25.0. The van der Waals surface area contributed by atoms with Crippen LogP contribution in [0.15, 0.2) is 0 Å². The van der Waals surface area contributed by atoms with Crippen molar-refractivity contribution >= 4 is 13.8 Å². The molecular formula is C23H49NO7P+. The van der Waals surface area contributed by atoms with E-state index in [1.165, 1.54) is 51.4 Å². The fraction of sp³-hybridized carbons (Fsp3) is 0.957. The van der Waals surface area contributed by atoms with E-state index < -0.39 is 31.9 Å². The second-order valence-corrected chi connectivity index (χ2v) is 10.7. The number of hydrogen-bond donors (Lipinski definition) is 4. The van der Waals surface area contributed by atoms with Gasteiger partial charge < -0.3 is 29.8 Å². The monoisotopic (exact) mass is 482 g/mol. The standard InChI is InChI=1S/C18H35O6P.C5H14NO/c1-2-3-4-5-6-7-8-9-10-11-12-13-14-16(20)18(22,25(23)24)17(21)15-19;1-6(2,3)4-5-7/h17,19,21-22H,2-15H2,1H3;7H,4-5H2,1-3H3/q;+1. The lowest BCUT2D eigenvalue weighted by atomic mass is 10.0. The highest BCUT2D eigenvalue weighted by atomic mass is 31.1.